The van der Waals surface area contributed by atoms with E-state index in [-0.39, 0.29) is 6.04 Å². The van der Waals surface area contributed by atoms with Crippen molar-refractivity contribution in [2.75, 3.05) is 0 Å². The molecule has 3 N–H and O–H groups in total. The van der Waals surface area contributed by atoms with Gasteiger partial charge in [-0.25, -0.2) is 0 Å². The number of hydrogen-bond donors (Lipinski definition) is 2. The van der Waals surface area contributed by atoms with E-state index in [0.29, 0.717) is 0 Å². The zero-order valence-electron chi connectivity index (χ0n) is 11.9. The van der Waals surface area contributed by atoms with Crippen molar-refractivity contribution in [3.05, 3.63) is 56.8 Å². The van der Waals surface area contributed by atoms with Gasteiger partial charge in [-0.15, -0.1) is 11.3 Å². The molecule has 0 bridgehead atoms. The van der Waals surface area contributed by atoms with E-state index in [0.717, 1.165) is 12.8 Å². The number of thiophene rings is 1. The molecule has 0 saturated heterocycles. The van der Waals surface area contributed by atoms with E-state index in [1.165, 1.54) is 26.4 Å². The molecular weight excluding hydrogens is 252 g/mol. The molecular formula is C16H22N2S. The summed E-state index contributed by atoms with van der Waals surface area (Å²) in [5.74, 6) is 5.75. The van der Waals surface area contributed by atoms with Gasteiger partial charge in [-0.3, -0.25) is 11.3 Å². The first-order valence-electron chi connectivity index (χ1n) is 6.75. The fourth-order valence-electron chi connectivity index (χ4n) is 2.40. The molecule has 2 rings (SSSR count). The monoisotopic (exact) mass is 274 g/mol. The maximum absolute atomic E-state index is 5.75. The summed E-state index contributed by atoms with van der Waals surface area (Å²) >= 11 is 1.88. The van der Waals surface area contributed by atoms with Gasteiger partial charge in [-0.1, -0.05) is 30.7 Å². The minimum absolute atomic E-state index is 0.184. The fraction of sp³-hybridized carbons (Fsp3) is 0.375. The Bertz CT molecular complexity index is 545. The number of rotatable bonds is 5. The van der Waals surface area contributed by atoms with Crippen molar-refractivity contribution < 1.29 is 0 Å². The predicted octanol–water partition coefficient (Wildman–Crippen LogP) is 3.67. The second-order valence-corrected chi connectivity index (χ2v) is 6.26. The van der Waals surface area contributed by atoms with Crippen LogP contribution in [0, 0.1) is 13.8 Å². The van der Waals surface area contributed by atoms with Crippen LogP contribution in [0.4, 0.5) is 0 Å². The maximum Gasteiger partial charge on any atom is 0.0510 e. The molecule has 2 aromatic rings. The molecule has 0 aliphatic rings. The molecule has 1 atom stereocenters. The maximum atomic E-state index is 5.75. The van der Waals surface area contributed by atoms with Crippen LogP contribution in [-0.4, -0.2) is 0 Å². The highest BCUT2D eigenvalue weighted by Crippen LogP contribution is 2.26. The zero-order chi connectivity index (χ0) is 13.8. The first kappa shape index (κ1) is 14.3. The summed E-state index contributed by atoms with van der Waals surface area (Å²) in [4.78, 5) is 2.83. The van der Waals surface area contributed by atoms with E-state index in [1.807, 2.05) is 11.3 Å². The summed E-state index contributed by atoms with van der Waals surface area (Å²) in [5, 5.41) is 0. The molecule has 0 radical (unpaired) electrons. The van der Waals surface area contributed by atoms with E-state index in [4.69, 9.17) is 5.84 Å². The molecule has 0 aliphatic carbocycles. The normalized spacial score (nSPS) is 12.6. The highest BCUT2D eigenvalue weighted by molar-refractivity contribution is 7.11. The molecule has 102 valence electrons. The number of hydrazine groups is 1. The van der Waals surface area contributed by atoms with Crippen molar-refractivity contribution in [3.8, 4) is 0 Å². The van der Waals surface area contributed by atoms with Crippen LogP contribution < -0.4 is 11.3 Å². The molecule has 3 heteroatoms. The molecule has 1 unspecified atom stereocenters. The second kappa shape index (κ2) is 6.33. The number of hydrogen-bond acceptors (Lipinski definition) is 3. The Morgan fingerprint density at radius 2 is 1.89 bits per heavy atom. The molecule has 0 aliphatic heterocycles. The molecule has 19 heavy (non-hydrogen) atoms. The van der Waals surface area contributed by atoms with Crippen molar-refractivity contribution in [1.82, 2.24) is 5.43 Å². The molecule has 0 fully saturated rings. The molecule has 2 nitrogen and oxygen atoms in total. The van der Waals surface area contributed by atoms with Crippen molar-refractivity contribution in [2.24, 2.45) is 5.84 Å². The van der Waals surface area contributed by atoms with Crippen molar-refractivity contribution >= 4 is 11.3 Å². The Balaban J connectivity index is 2.19. The van der Waals surface area contributed by atoms with Crippen LogP contribution in [0.5, 0.6) is 0 Å². The van der Waals surface area contributed by atoms with Gasteiger partial charge >= 0.3 is 0 Å². The van der Waals surface area contributed by atoms with Crippen molar-refractivity contribution in [1.29, 1.82) is 0 Å². The van der Waals surface area contributed by atoms with Crippen LogP contribution in [0.1, 0.15) is 39.4 Å². The Labute approximate surface area is 119 Å². The lowest BCUT2D eigenvalue weighted by Crippen LogP contribution is -2.29. The van der Waals surface area contributed by atoms with E-state index in [1.54, 1.807) is 0 Å². The lowest BCUT2D eigenvalue weighted by molar-refractivity contribution is 0.553. The molecule has 1 heterocycles. The SMILES string of the molecule is CCc1ccc(CC(NN)c2ccc(C)cc2C)s1. The molecule has 0 spiro atoms. The minimum atomic E-state index is 0.184. The summed E-state index contributed by atoms with van der Waals surface area (Å²) in [6.45, 7) is 6.46. The first-order valence-corrected chi connectivity index (χ1v) is 7.56. The lowest BCUT2D eigenvalue weighted by Gasteiger charge is -2.18. The van der Waals surface area contributed by atoms with Gasteiger partial charge in [0.05, 0.1) is 6.04 Å². The highest BCUT2D eigenvalue weighted by atomic mass is 32.1. The summed E-state index contributed by atoms with van der Waals surface area (Å²) < 4.78 is 0. The third kappa shape index (κ3) is 3.44. The smallest absolute Gasteiger partial charge is 0.0510 e. The largest absolute Gasteiger partial charge is 0.271 e. The average molecular weight is 274 g/mol. The number of nitrogens with one attached hydrogen (secondary N) is 1. The molecule has 1 aromatic carbocycles. The van der Waals surface area contributed by atoms with E-state index in [2.05, 4.69) is 56.5 Å². The average Bonchev–Trinajstić information content (AvgIpc) is 2.84. The number of benzene rings is 1. The highest BCUT2D eigenvalue weighted by Gasteiger charge is 2.14. The van der Waals surface area contributed by atoms with Crippen LogP contribution in [0.25, 0.3) is 0 Å². The van der Waals surface area contributed by atoms with E-state index in [9.17, 15) is 0 Å². The Morgan fingerprint density at radius 1 is 1.16 bits per heavy atom. The van der Waals surface area contributed by atoms with E-state index < -0.39 is 0 Å². The van der Waals surface area contributed by atoms with Gasteiger partial charge in [-0.05, 0) is 43.5 Å². The summed E-state index contributed by atoms with van der Waals surface area (Å²) in [6.07, 6.45) is 2.06. The van der Waals surface area contributed by atoms with Gasteiger partial charge in [0.25, 0.3) is 0 Å². The number of nitrogens with two attached hydrogens (primary N) is 1. The van der Waals surface area contributed by atoms with E-state index >= 15 is 0 Å². The second-order valence-electron chi connectivity index (χ2n) is 5.00. The third-order valence-corrected chi connectivity index (χ3v) is 4.72. The van der Waals surface area contributed by atoms with Gasteiger partial charge in [0, 0.05) is 16.2 Å². The Hall–Kier alpha value is -1.16. The zero-order valence-corrected chi connectivity index (χ0v) is 12.7. The predicted molar refractivity (Wildman–Crippen MR) is 83.4 cm³/mol. The van der Waals surface area contributed by atoms with Crippen LogP contribution in [0.2, 0.25) is 0 Å². The van der Waals surface area contributed by atoms with Crippen molar-refractivity contribution in [2.45, 2.75) is 39.7 Å². The Morgan fingerprint density at radius 3 is 2.47 bits per heavy atom. The molecule has 1 aromatic heterocycles. The minimum Gasteiger partial charge on any atom is -0.271 e. The van der Waals surface area contributed by atoms with Crippen molar-refractivity contribution in [3.63, 3.8) is 0 Å². The van der Waals surface area contributed by atoms with Gasteiger partial charge in [0.2, 0.25) is 0 Å². The quantitative estimate of drug-likeness (QED) is 0.645. The van der Waals surface area contributed by atoms with Gasteiger partial charge < -0.3 is 0 Å². The third-order valence-electron chi connectivity index (χ3n) is 3.47. The fourth-order valence-corrected chi connectivity index (χ4v) is 3.40. The van der Waals surface area contributed by atoms with Crippen LogP contribution in [-0.2, 0) is 12.8 Å². The lowest BCUT2D eigenvalue weighted by atomic mass is 9.97. The van der Waals surface area contributed by atoms with Gasteiger partial charge in [0.1, 0.15) is 0 Å². The Kier molecular flexibility index (Phi) is 4.75. The van der Waals surface area contributed by atoms with Gasteiger partial charge in [0.15, 0.2) is 0 Å². The van der Waals surface area contributed by atoms with Crippen LogP contribution >= 0.6 is 11.3 Å². The summed E-state index contributed by atoms with van der Waals surface area (Å²) in [6, 6.07) is 11.2. The summed E-state index contributed by atoms with van der Waals surface area (Å²) in [5.41, 5.74) is 6.85. The number of aryl methyl sites for hydroxylation is 3. The van der Waals surface area contributed by atoms with Gasteiger partial charge in [-0.2, -0.15) is 0 Å². The van der Waals surface area contributed by atoms with Crippen LogP contribution in [0.3, 0.4) is 0 Å². The molecule has 0 amide bonds. The first-order chi connectivity index (χ1) is 9.13. The summed E-state index contributed by atoms with van der Waals surface area (Å²) in [7, 11) is 0. The molecule has 0 saturated carbocycles. The topological polar surface area (TPSA) is 38.0 Å². The standard InChI is InChI=1S/C16H22N2S/c1-4-13-6-7-14(19-13)10-16(18-17)15-8-5-11(2)9-12(15)3/h5-9,16,18H,4,10,17H2,1-3H3. The van der Waals surface area contributed by atoms with Crippen LogP contribution in [0.15, 0.2) is 30.3 Å².